The van der Waals surface area contributed by atoms with Crippen molar-refractivity contribution >= 4 is 5.97 Å². The van der Waals surface area contributed by atoms with Crippen LogP contribution in [0.3, 0.4) is 0 Å². The van der Waals surface area contributed by atoms with Crippen LogP contribution in [0.5, 0.6) is 0 Å². The van der Waals surface area contributed by atoms with Crippen LogP contribution >= 0.6 is 0 Å². The Labute approximate surface area is 125 Å². The Balaban J connectivity index is 2.06. The molecular formula is C18H21NO2. The Bertz CT molecular complexity index is 581. The van der Waals surface area contributed by atoms with Crippen LogP contribution in [0, 0.1) is 0 Å². The van der Waals surface area contributed by atoms with E-state index < -0.39 is 5.97 Å². The Morgan fingerprint density at radius 1 is 1.05 bits per heavy atom. The average molecular weight is 283 g/mol. The van der Waals surface area contributed by atoms with E-state index in [0.717, 1.165) is 17.5 Å². The normalized spacial score (nSPS) is 12.0. The van der Waals surface area contributed by atoms with Gasteiger partial charge in [-0.25, -0.2) is 0 Å². The van der Waals surface area contributed by atoms with Gasteiger partial charge in [-0.3, -0.25) is 4.79 Å². The Morgan fingerprint density at radius 2 is 1.67 bits per heavy atom. The molecule has 0 aliphatic heterocycles. The third-order valence-corrected chi connectivity index (χ3v) is 3.61. The molecular weight excluding hydrogens is 262 g/mol. The van der Waals surface area contributed by atoms with Gasteiger partial charge in [-0.2, -0.15) is 0 Å². The largest absolute Gasteiger partial charge is 0.481 e. The Morgan fingerprint density at radius 3 is 2.29 bits per heavy atom. The van der Waals surface area contributed by atoms with Crippen molar-refractivity contribution in [3.63, 3.8) is 0 Å². The molecule has 0 spiro atoms. The molecule has 0 saturated heterocycles. The van der Waals surface area contributed by atoms with E-state index >= 15 is 0 Å². The quantitative estimate of drug-likeness (QED) is 0.817. The van der Waals surface area contributed by atoms with E-state index in [2.05, 4.69) is 24.4 Å². The van der Waals surface area contributed by atoms with Gasteiger partial charge < -0.3 is 10.4 Å². The van der Waals surface area contributed by atoms with Crippen LogP contribution in [-0.4, -0.2) is 11.1 Å². The van der Waals surface area contributed by atoms with Gasteiger partial charge in [0.1, 0.15) is 0 Å². The highest BCUT2D eigenvalue weighted by Gasteiger charge is 2.10. The molecule has 0 radical (unpaired) electrons. The summed E-state index contributed by atoms with van der Waals surface area (Å²) in [5.41, 5.74) is 3.19. The van der Waals surface area contributed by atoms with Gasteiger partial charge >= 0.3 is 5.97 Å². The van der Waals surface area contributed by atoms with E-state index in [1.165, 1.54) is 5.56 Å². The monoisotopic (exact) mass is 283 g/mol. The standard InChI is InChI=1S/C18H21NO2/c1-2-17(14-8-4-3-5-9-14)19-13-16-11-7-6-10-15(16)12-18(20)21/h3-11,17,19H,2,12-13H2,1H3,(H,20,21). The number of aliphatic carboxylic acids is 1. The van der Waals surface area contributed by atoms with Crippen molar-refractivity contribution in [3.05, 3.63) is 71.3 Å². The third-order valence-electron chi connectivity index (χ3n) is 3.61. The summed E-state index contributed by atoms with van der Waals surface area (Å²) in [5.74, 6) is -0.794. The molecule has 0 amide bonds. The lowest BCUT2D eigenvalue weighted by molar-refractivity contribution is -0.136. The molecule has 2 aromatic carbocycles. The number of benzene rings is 2. The van der Waals surface area contributed by atoms with Gasteiger partial charge in [0, 0.05) is 12.6 Å². The summed E-state index contributed by atoms with van der Waals surface area (Å²) in [6.45, 7) is 2.82. The second kappa shape index (κ2) is 7.60. The predicted molar refractivity (Wildman–Crippen MR) is 84.1 cm³/mol. The molecule has 0 bridgehead atoms. The van der Waals surface area contributed by atoms with Crippen LogP contribution in [0.4, 0.5) is 0 Å². The smallest absolute Gasteiger partial charge is 0.307 e. The van der Waals surface area contributed by atoms with E-state index in [1.54, 1.807) is 0 Å². The van der Waals surface area contributed by atoms with Gasteiger partial charge in [0.15, 0.2) is 0 Å². The van der Waals surface area contributed by atoms with Gasteiger partial charge in [-0.15, -0.1) is 0 Å². The summed E-state index contributed by atoms with van der Waals surface area (Å²) in [6, 6.07) is 18.3. The molecule has 0 saturated carbocycles. The zero-order valence-electron chi connectivity index (χ0n) is 12.3. The number of hydrogen-bond donors (Lipinski definition) is 2. The van der Waals surface area contributed by atoms with E-state index in [0.29, 0.717) is 6.54 Å². The van der Waals surface area contributed by atoms with Crippen molar-refractivity contribution in [2.24, 2.45) is 0 Å². The van der Waals surface area contributed by atoms with Crippen molar-refractivity contribution in [3.8, 4) is 0 Å². The number of carboxylic acids is 1. The summed E-state index contributed by atoms with van der Waals surface area (Å²) in [6.07, 6.45) is 1.06. The first-order chi connectivity index (χ1) is 10.2. The molecule has 110 valence electrons. The second-order valence-corrected chi connectivity index (χ2v) is 5.09. The number of carboxylic acid groups (broad SMARTS) is 1. The highest BCUT2D eigenvalue weighted by atomic mass is 16.4. The molecule has 3 nitrogen and oxygen atoms in total. The number of nitrogens with one attached hydrogen (secondary N) is 1. The first-order valence-electron chi connectivity index (χ1n) is 7.27. The molecule has 0 aliphatic carbocycles. The van der Waals surface area contributed by atoms with Crippen molar-refractivity contribution in [2.45, 2.75) is 32.4 Å². The Kier molecular flexibility index (Phi) is 5.52. The topological polar surface area (TPSA) is 49.3 Å². The first kappa shape index (κ1) is 15.3. The van der Waals surface area contributed by atoms with Crippen LogP contribution in [0.25, 0.3) is 0 Å². The minimum Gasteiger partial charge on any atom is -0.481 e. The van der Waals surface area contributed by atoms with Crippen LogP contribution in [0.15, 0.2) is 54.6 Å². The van der Waals surface area contributed by atoms with E-state index in [4.69, 9.17) is 5.11 Å². The van der Waals surface area contributed by atoms with E-state index in [9.17, 15) is 4.79 Å². The summed E-state index contributed by atoms with van der Waals surface area (Å²) in [4.78, 5) is 10.9. The molecule has 0 aromatic heterocycles. The SMILES string of the molecule is CCC(NCc1ccccc1CC(=O)O)c1ccccc1. The summed E-state index contributed by atoms with van der Waals surface area (Å²) in [7, 11) is 0. The Hall–Kier alpha value is -2.13. The summed E-state index contributed by atoms with van der Waals surface area (Å²) < 4.78 is 0. The van der Waals surface area contributed by atoms with E-state index in [-0.39, 0.29) is 12.5 Å². The van der Waals surface area contributed by atoms with Crippen molar-refractivity contribution < 1.29 is 9.90 Å². The van der Waals surface area contributed by atoms with Crippen molar-refractivity contribution in [1.29, 1.82) is 0 Å². The molecule has 1 unspecified atom stereocenters. The van der Waals surface area contributed by atoms with Crippen molar-refractivity contribution in [2.75, 3.05) is 0 Å². The van der Waals surface area contributed by atoms with Gasteiger partial charge in [0.25, 0.3) is 0 Å². The number of hydrogen-bond acceptors (Lipinski definition) is 2. The highest BCUT2D eigenvalue weighted by molar-refractivity contribution is 5.70. The summed E-state index contributed by atoms with van der Waals surface area (Å²) in [5, 5.41) is 12.5. The lowest BCUT2D eigenvalue weighted by atomic mass is 10.0. The zero-order valence-corrected chi connectivity index (χ0v) is 12.3. The van der Waals surface area contributed by atoms with Crippen LogP contribution in [-0.2, 0) is 17.8 Å². The second-order valence-electron chi connectivity index (χ2n) is 5.09. The first-order valence-corrected chi connectivity index (χ1v) is 7.27. The van der Waals surface area contributed by atoms with Crippen LogP contribution in [0.1, 0.15) is 36.1 Å². The molecule has 2 aromatic rings. The molecule has 0 aliphatic rings. The fourth-order valence-electron chi connectivity index (χ4n) is 2.48. The number of rotatable bonds is 7. The lowest BCUT2D eigenvalue weighted by Crippen LogP contribution is -2.21. The molecule has 0 heterocycles. The molecule has 0 fully saturated rings. The maximum atomic E-state index is 10.9. The van der Waals surface area contributed by atoms with Gasteiger partial charge in [0.2, 0.25) is 0 Å². The average Bonchev–Trinajstić information content (AvgIpc) is 2.50. The van der Waals surface area contributed by atoms with Gasteiger partial charge in [-0.05, 0) is 23.1 Å². The maximum absolute atomic E-state index is 10.9. The fraction of sp³-hybridized carbons (Fsp3) is 0.278. The summed E-state index contributed by atoms with van der Waals surface area (Å²) >= 11 is 0. The molecule has 1 atom stereocenters. The molecule has 21 heavy (non-hydrogen) atoms. The highest BCUT2D eigenvalue weighted by Crippen LogP contribution is 2.18. The third kappa shape index (κ3) is 4.43. The van der Waals surface area contributed by atoms with Crippen molar-refractivity contribution in [1.82, 2.24) is 5.32 Å². The molecule has 2 rings (SSSR count). The van der Waals surface area contributed by atoms with E-state index in [1.807, 2.05) is 42.5 Å². The minimum atomic E-state index is -0.794. The van der Waals surface area contributed by atoms with Gasteiger partial charge in [0.05, 0.1) is 6.42 Å². The van der Waals surface area contributed by atoms with Crippen LogP contribution < -0.4 is 5.32 Å². The predicted octanol–water partition coefficient (Wildman–Crippen LogP) is 3.55. The maximum Gasteiger partial charge on any atom is 0.307 e. The fourth-order valence-corrected chi connectivity index (χ4v) is 2.48. The molecule has 3 heteroatoms. The molecule has 2 N–H and O–H groups in total. The van der Waals surface area contributed by atoms with Gasteiger partial charge in [-0.1, -0.05) is 61.5 Å². The minimum absolute atomic E-state index is 0.0694. The lowest BCUT2D eigenvalue weighted by Gasteiger charge is -2.18. The number of carbonyl (C=O) groups is 1. The zero-order chi connectivity index (χ0) is 15.1. The van der Waals surface area contributed by atoms with Crippen LogP contribution in [0.2, 0.25) is 0 Å².